The summed E-state index contributed by atoms with van der Waals surface area (Å²) in [6.45, 7) is 3.10. The molecule has 0 spiro atoms. The molecule has 1 aromatic carbocycles. The van der Waals surface area contributed by atoms with Crippen molar-refractivity contribution in [3.63, 3.8) is 0 Å². The number of hydrogen-bond acceptors (Lipinski definition) is 3. The number of anilines is 1. The lowest BCUT2D eigenvalue weighted by Crippen LogP contribution is -2.21. The maximum Gasteiger partial charge on any atom is 0.0681 e. The third-order valence-electron chi connectivity index (χ3n) is 3.28. The highest BCUT2D eigenvalue weighted by Crippen LogP contribution is 2.20. The molecular formula is C16H20N2O. The van der Waals surface area contributed by atoms with E-state index in [0.717, 1.165) is 24.2 Å². The lowest BCUT2D eigenvalue weighted by atomic mass is 10.1. The van der Waals surface area contributed by atoms with Crippen LogP contribution in [0.3, 0.4) is 0 Å². The maximum atomic E-state index is 9.12. The van der Waals surface area contributed by atoms with Crippen molar-refractivity contribution in [3.8, 4) is 0 Å². The Kier molecular flexibility index (Phi) is 4.53. The summed E-state index contributed by atoms with van der Waals surface area (Å²) in [5.41, 5.74) is 4.46. The van der Waals surface area contributed by atoms with Crippen LogP contribution in [0.2, 0.25) is 0 Å². The van der Waals surface area contributed by atoms with Gasteiger partial charge in [0.05, 0.1) is 6.61 Å². The highest BCUT2D eigenvalue weighted by atomic mass is 16.3. The minimum atomic E-state index is 0.0960. The molecule has 0 aliphatic heterocycles. The molecule has 3 heteroatoms. The van der Waals surface area contributed by atoms with E-state index in [9.17, 15) is 0 Å². The van der Waals surface area contributed by atoms with E-state index in [1.165, 1.54) is 11.3 Å². The maximum absolute atomic E-state index is 9.12. The van der Waals surface area contributed by atoms with Crippen molar-refractivity contribution < 1.29 is 5.11 Å². The minimum Gasteiger partial charge on any atom is -0.392 e. The molecule has 0 aliphatic carbocycles. The number of aliphatic hydroxyl groups excluding tert-OH is 1. The summed E-state index contributed by atoms with van der Waals surface area (Å²) >= 11 is 0. The van der Waals surface area contributed by atoms with Gasteiger partial charge in [-0.15, -0.1) is 0 Å². The van der Waals surface area contributed by atoms with E-state index in [0.29, 0.717) is 0 Å². The number of aryl methyl sites for hydroxylation is 1. The Balaban J connectivity index is 2.02. The number of aromatic nitrogens is 1. The molecule has 0 atom stereocenters. The van der Waals surface area contributed by atoms with Crippen LogP contribution in [0.1, 0.15) is 16.8 Å². The Hall–Kier alpha value is -1.87. The van der Waals surface area contributed by atoms with Crippen LogP contribution in [-0.2, 0) is 13.0 Å². The molecule has 100 valence electrons. The zero-order valence-corrected chi connectivity index (χ0v) is 11.5. The molecule has 1 heterocycles. The normalized spacial score (nSPS) is 10.5. The fraction of sp³-hybridized carbons (Fsp3) is 0.312. The van der Waals surface area contributed by atoms with Crippen LogP contribution in [-0.4, -0.2) is 23.7 Å². The third kappa shape index (κ3) is 3.55. The van der Waals surface area contributed by atoms with Gasteiger partial charge in [-0.05, 0) is 36.2 Å². The average Bonchev–Trinajstić information content (AvgIpc) is 2.45. The van der Waals surface area contributed by atoms with E-state index in [1.807, 2.05) is 30.5 Å². The molecule has 0 bridgehead atoms. The Morgan fingerprint density at radius 1 is 1.21 bits per heavy atom. The average molecular weight is 256 g/mol. The first-order valence-electron chi connectivity index (χ1n) is 6.52. The molecule has 0 saturated heterocycles. The van der Waals surface area contributed by atoms with E-state index < -0.39 is 0 Å². The van der Waals surface area contributed by atoms with E-state index >= 15 is 0 Å². The summed E-state index contributed by atoms with van der Waals surface area (Å²) in [5.74, 6) is 0. The first-order valence-corrected chi connectivity index (χ1v) is 6.52. The molecule has 1 N–H and O–H groups in total. The van der Waals surface area contributed by atoms with Gasteiger partial charge in [-0.25, -0.2) is 0 Å². The van der Waals surface area contributed by atoms with Gasteiger partial charge in [0, 0.05) is 37.6 Å². The number of hydrogen-bond donors (Lipinski definition) is 1. The largest absolute Gasteiger partial charge is 0.392 e. The fourth-order valence-electron chi connectivity index (χ4n) is 2.19. The summed E-state index contributed by atoms with van der Waals surface area (Å²) in [6, 6.07) is 12.1. The molecule has 0 amide bonds. The van der Waals surface area contributed by atoms with Crippen molar-refractivity contribution in [2.75, 3.05) is 18.5 Å². The van der Waals surface area contributed by atoms with Gasteiger partial charge in [0.1, 0.15) is 0 Å². The Morgan fingerprint density at radius 2 is 2.05 bits per heavy atom. The van der Waals surface area contributed by atoms with Crippen LogP contribution >= 0.6 is 0 Å². The molecule has 2 aromatic rings. The second-order valence-electron chi connectivity index (χ2n) is 4.77. The number of pyridine rings is 1. The van der Waals surface area contributed by atoms with Gasteiger partial charge in [-0.1, -0.05) is 18.2 Å². The van der Waals surface area contributed by atoms with Gasteiger partial charge in [0.15, 0.2) is 0 Å². The molecule has 0 aliphatic rings. The van der Waals surface area contributed by atoms with E-state index in [-0.39, 0.29) is 6.61 Å². The Morgan fingerprint density at radius 3 is 2.68 bits per heavy atom. The lowest BCUT2D eigenvalue weighted by Gasteiger charge is -2.21. The van der Waals surface area contributed by atoms with Crippen molar-refractivity contribution >= 4 is 5.69 Å². The molecule has 3 nitrogen and oxygen atoms in total. The van der Waals surface area contributed by atoms with Gasteiger partial charge >= 0.3 is 0 Å². The fourth-order valence-corrected chi connectivity index (χ4v) is 2.19. The standard InChI is InChI=1S/C16H20N2O/c1-13-11-14(12-19)6-7-16(13)18(2)10-8-15-5-3-4-9-17-15/h3-7,9,11,19H,8,10,12H2,1-2H3. The molecule has 2 rings (SSSR count). The number of likely N-dealkylation sites (N-methyl/N-ethyl adjacent to an activating group) is 1. The summed E-state index contributed by atoms with van der Waals surface area (Å²) in [4.78, 5) is 6.56. The van der Waals surface area contributed by atoms with Gasteiger partial charge < -0.3 is 10.0 Å². The van der Waals surface area contributed by atoms with Crippen LogP contribution in [0.25, 0.3) is 0 Å². The first kappa shape index (κ1) is 13.6. The minimum absolute atomic E-state index is 0.0960. The van der Waals surface area contributed by atoms with Crippen LogP contribution in [0.4, 0.5) is 5.69 Å². The smallest absolute Gasteiger partial charge is 0.0681 e. The Labute approximate surface area is 114 Å². The van der Waals surface area contributed by atoms with Crippen LogP contribution in [0.15, 0.2) is 42.6 Å². The van der Waals surface area contributed by atoms with Crippen molar-refractivity contribution in [1.82, 2.24) is 4.98 Å². The second-order valence-corrected chi connectivity index (χ2v) is 4.77. The topological polar surface area (TPSA) is 36.4 Å². The van der Waals surface area contributed by atoms with Gasteiger partial charge in [0.2, 0.25) is 0 Å². The van der Waals surface area contributed by atoms with Gasteiger partial charge in [-0.2, -0.15) is 0 Å². The third-order valence-corrected chi connectivity index (χ3v) is 3.28. The summed E-state index contributed by atoms with van der Waals surface area (Å²) in [5, 5.41) is 9.12. The number of benzene rings is 1. The molecule has 0 unspecified atom stereocenters. The zero-order chi connectivity index (χ0) is 13.7. The van der Waals surface area contributed by atoms with Crippen molar-refractivity contribution in [3.05, 3.63) is 59.4 Å². The summed E-state index contributed by atoms with van der Waals surface area (Å²) in [6.07, 6.45) is 2.76. The number of aliphatic hydroxyl groups is 1. The molecule has 1 aromatic heterocycles. The predicted molar refractivity (Wildman–Crippen MR) is 78.3 cm³/mol. The van der Waals surface area contributed by atoms with E-state index in [2.05, 4.69) is 36.0 Å². The molecule has 19 heavy (non-hydrogen) atoms. The lowest BCUT2D eigenvalue weighted by molar-refractivity contribution is 0.282. The van der Waals surface area contributed by atoms with Gasteiger partial charge in [0.25, 0.3) is 0 Å². The highest BCUT2D eigenvalue weighted by molar-refractivity contribution is 5.53. The van der Waals surface area contributed by atoms with E-state index in [4.69, 9.17) is 5.11 Å². The van der Waals surface area contributed by atoms with Crippen molar-refractivity contribution in [2.24, 2.45) is 0 Å². The summed E-state index contributed by atoms with van der Waals surface area (Å²) in [7, 11) is 2.09. The van der Waals surface area contributed by atoms with Crippen LogP contribution in [0, 0.1) is 6.92 Å². The zero-order valence-electron chi connectivity index (χ0n) is 11.5. The number of nitrogens with zero attached hydrogens (tertiary/aromatic N) is 2. The van der Waals surface area contributed by atoms with Crippen molar-refractivity contribution in [1.29, 1.82) is 0 Å². The molecule has 0 fully saturated rings. The predicted octanol–water partition coefficient (Wildman–Crippen LogP) is 2.56. The Bertz CT molecular complexity index is 526. The summed E-state index contributed by atoms with van der Waals surface area (Å²) < 4.78 is 0. The first-order chi connectivity index (χ1) is 9.20. The van der Waals surface area contributed by atoms with Crippen molar-refractivity contribution in [2.45, 2.75) is 20.0 Å². The van der Waals surface area contributed by atoms with Crippen LogP contribution < -0.4 is 4.90 Å². The van der Waals surface area contributed by atoms with E-state index in [1.54, 1.807) is 0 Å². The SMILES string of the molecule is Cc1cc(CO)ccc1N(C)CCc1ccccn1. The molecule has 0 saturated carbocycles. The van der Waals surface area contributed by atoms with Crippen LogP contribution in [0.5, 0.6) is 0 Å². The second kappa shape index (κ2) is 6.34. The molecule has 0 radical (unpaired) electrons. The quantitative estimate of drug-likeness (QED) is 0.893. The number of rotatable bonds is 5. The molecular weight excluding hydrogens is 236 g/mol. The monoisotopic (exact) mass is 256 g/mol. The van der Waals surface area contributed by atoms with Gasteiger partial charge in [-0.3, -0.25) is 4.98 Å². The highest BCUT2D eigenvalue weighted by Gasteiger charge is 2.05.